The Bertz CT molecular complexity index is 46.2. The predicted molar refractivity (Wildman–Crippen MR) is 48.2 cm³/mol. The highest BCUT2D eigenvalue weighted by Gasteiger charge is 1.84. The van der Waals surface area contributed by atoms with Crippen molar-refractivity contribution in [2.45, 2.75) is 0 Å². The maximum atomic E-state index is 3.87. The summed E-state index contributed by atoms with van der Waals surface area (Å²) in [7, 11) is 1.97. The van der Waals surface area contributed by atoms with E-state index in [1.165, 1.54) is 5.75 Å². The Hall–Kier alpha value is 0.620. The van der Waals surface area contributed by atoms with Crippen molar-refractivity contribution < 1.29 is 0 Å². The summed E-state index contributed by atoms with van der Waals surface area (Å²) in [6.45, 7) is 2.08. The normalized spacial score (nSPS) is 10.0. The van der Waals surface area contributed by atoms with Gasteiger partial charge in [-0.2, -0.15) is 11.8 Å². The molecule has 0 aliphatic heterocycles. The second-order valence-corrected chi connectivity index (χ2v) is 3.17. The number of thioether (sulfide) groups is 1. The predicted octanol–water partition coefficient (Wildman–Crippen LogP) is 0.373. The van der Waals surface area contributed by atoms with Gasteiger partial charge in [-0.15, -0.1) is 0 Å². The van der Waals surface area contributed by atoms with Gasteiger partial charge in [0.25, 0.3) is 0 Å². The molecule has 0 rings (SSSR count). The Balaban J connectivity index is 2.60. The monoisotopic (exact) mass is 166 g/mol. The molecule has 0 saturated carbocycles. The summed E-state index contributed by atoms with van der Waals surface area (Å²) < 4.78 is 2.80. The van der Waals surface area contributed by atoms with Crippen molar-refractivity contribution in [2.75, 3.05) is 31.6 Å². The Morgan fingerprint density at radius 2 is 2.00 bits per heavy atom. The molecule has 0 aromatic rings. The van der Waals surface area contributed by atoms with Gasteiger partial charge in [0.2, 0.25) is 0 Å². The number of hydrogen-bond donors (Lipinski definition) is 3. The van der Waals surface area contributed by atoms with Crippen LogP contribution in [0.3, 0.4) is 0 Å². The zero-order valence-electron chi connectivity index (χ0n) is 5.68. The van der Waals surface area contributed by atoms with Gasteiger partial charge in [0.05, 0.1) is 0 Å². The fraction of sp³-hybridized carbons (Fsp3) is 1.00. The zero-order chi connectivity index (χ0) is 6.95. The minimum Gasteiger partial charge on any atom is -0.319 e. The molecule has 0 heterocycles. The highest BCUT2D eigenvalue weighted by molar-refractivity contribution is 7.99. The van der Waals surface area contributed by atoms with Gasteiger partial charge in [-0.25, -0.2) is 0 Å². The molecule has 0 unspecified atom stereocenters. The molecule has 0 aromatic carbocycles. The van der Waals surface area contributed by atoms with Crippen molar-refractivity contribution in [3.05, 3.63) is 0 Å². The number of nitrogens with one attached hydrogen (secondary N) is 2. The summed E-state index contributed by atoms with van der Waals surface area (Å²) in [6.07, 6.45) is 0. The van der Waals surface area contributed by atoms with Gasteiger partial charge in [0.15, 0.2) is 0 Å². The summed E-state index contributed by atoms with van der Waals surface area (Å²) in [5, 5.41) is 3.08. The summed E-state index contributed by atoms with van der Waals surface area (Å²) >= 11 is 5.80. The van der Waals surface area contributed by atoms with Crippen molar-refractivity contribution in [3.8, 4) is 0 Å². The van der Waals surface area contributed by atoms with E-state index in [4.69, 9.17) is 0 Å². The fourth-order valence-corrected chi connectivity index (χ4v) is 1.46. The summed E-state index contributed by atoms with van der Waals surface area (Å²) in [5.41, 5.74) is 0. The SMILES string of the molecule is CNCCSCCNS. The Morgan fingerprint density at radius 3 is 2.56 bits per heavy atom. The first-order chi connectivity index (χ1) is 4.41. The molecular formula is C5H14N2S2. The van der Waals surface area contributed by atoms with Crippen molar-refractivity contribution in [2.24, 2.45) is 0 Å². The molecule has 0 saturated heterocycles. The smallest absolute Gasteiger partial charge is 0.0147 e. The van der Waals surface area contributed by atoms with Gasteiger partial charge in [0, 0.05) is 24.6 Å². The second kappa shape index (κ2) is 8.62. The van der Waals surface area contributed by atoms with Crippen LogP contribution < -0.4 is 10.0 Å². The second-order valence-electron chi connectivity index (χ2n) is 1.62. The molecule has 0 atom stereocenters. The third-order valence-electron chi connectivity index (χ3n) is 0.855. The van der Waals surface area contributed by atoms with E-state index >= 15 is 0 Å². The van der Waals surface area contributed by atoms with Crippen molar-refractivity contribution in [1.29, 1.82) is 0 Å². The first-order valence-electron chi connectivity index (χ1n) is 3.01. The van der Waals surface area contributed by atoms with Crippen LogP contribution in [0.15, 0.2) is 0 Å². The zero-order valence-corrected chi connectivity index (χ0v) is 7.39. The lowest BCUT2D eigenvalue weighted by Gasteiger charge is -1.98. The Kier molecular flexibility index (Phi) is 9.21. The van der Waals surface area contributed by atoms with E-state index in [0.717, 1.165) is 18.8 Å². The maximum absolute atomic E-state index is 3.87. The molecule has 9 heavy (non-hydrogen) atoms. The molecule has 0 radical (unpaired) electrons. The first-order valence-corrected chi connectivity index (χ1v) is 4.61. The maximum Gasteiger partial charge on any atom is 0.0147 e. The van der Waals surface area contributed by atoms with E-state index in [-0.39, 0.29) is 0 Å². The van der Waals surface area contributed by atoms with Crippen LogP contribution in [0.2, 0.25) is 0 Å². The van der Waals surface area contributed by atoms with Crippen LogP contribution in [0.25, 0.3) is 0 Å². The minimum absolute atomic E-state index is 0.984. The van der Waals surface area contributed by atoms with Crippen LogP contribution in [0.4, 0.5) is 0 Å². The average molecular weight is 166 g/mol. The third-order valence-corrected chi connectivity index (χ3v) is 2.06. The van der Waals surface area contributed by atoms with E-state index in [1.54, 1.807) is 0 Å². The molecule has 0 fully saturated rings. The van der Waals surface area contributed by atoms with Crippen molar-refractivity contribution >= 4 is 24.6 Å². The highest BCUT2D eigenvalue weighted by atomic mass is 32.2. The molecule has 0 amide bonds. The Morgan fingerprint density at radius 1 is 1.33 bits per heavy atom. The van der Waals surface area contributed by atoms with E-state index in [9.17, 15) is 0 Å². The molecule has 4 heteroatoms. The van der Waals surface area contributed by atoms with Crippen LogP contribution in [0.5, 0.6) is 0 Å². The van der Waals surface area contributed by atoms with E-state index < -0.39 is 0 Å². The fourth-order valence-electron chi connectivity index (χ4n) is 0.394. The molecule has 0 aliphatic rings. The highest BCUT2D eigenvalue weighted by Crippen LogP contribution is 1.95. The van der Waals surface area contributed by atoms with E-state index in [2.05, 4.69) is 22.9 Å². The lowest BCUT2D eigenvalue weighted by atomic mass is 10.8. The van der Waals surface area contributed by atoms with Crippen LogP contribution in [0.1, 0.15) is 0 Å². The van der Waals surface area contributed by atoms with Crippen molar-refractivity contribution in [1.82, 2.24) is 10.0 Å². The Labute approximate surface area is 66.7 Å². The van der Waals surface area contributed by atoms with Crippen LogP contribution in [-0.2, 0) is 0 Å². The number of rotatable bonds is 6. The van der Waals surface area contributed by atoms with Gasteiger partial charge in [0.1, 0.15) is 0 Å². The molecule has 56 valence electrons. The topological polar surface area (TPSA) is 24.1 Å². The van der Waals surface area contributed by atoms with Gasteiger partial charge in [-0.3, -0.25) is 4.72 Å². The van der Waals surface area contributed by atoms with Gasteiger partial charge in [-0.05, 0) is 7.05 Å². The lowest BCUT2D eigenvalue weighted by Crippen LogP contribution is -2.11. The third kappa shape index (κ3) is 8.62. The number of thiol groups is 1. The van der Waals surface area contributed by atoms with E-state index in [0.29, 0.717) is 0 Å². The molecule has 2 N–H and O–H groups in total. The average Bonchev–Trinajstić information content (AvgIpc) is 1.89. The summed E-state index contributed by atoms with van der Waals surface area (Å²) in [4.78, 5) is 0. The van der Waals surface area contributed by atoms with Crippen LogP contribution >= 0.6 is 24.6 Å². The van der Waals surface area contributed by atoms with Crippen molar-refractivity contribution in [3.63, 3.8) is 0 Å². The standard InChI is InChI=1S/C5H14N2S2/c1-6-2-4-9-5-3-7-8/h6-8H,2-5H2,1H3. The van der Waals surface area contributed by atoms with Gasteiger partial charge >= 0.3 is 0 Å². The first kappa shape index (κ1) is 9.62. The molecule has 2 nitrogen and oxygen atoms in total. The van der Waals surface area contributed by atoms with Crippen LogP contribution in [0, 0.1) is 0 Å². The molecule has 0 spiro atoms. The van der Waals surface area contributed by atoms with E-state index in [1.807, 2.05) is 18.8 Å². The lowest BCUT2D eigenvalue weighted by molar-refractivity contribution is 0.871. The molecular weight excluding hydrogens is 152 g/mol. The molecule has 0 aliphatic carbocycles. The number of hydrogen-bond acceptors (Lipinski definition) is 4. The van der Waals surface area contributed by atoms with Gasteiger partial charge in [-0.1, -0.05) is 12.8 Å². The quantitative estimate of drug-likeness (QED) is 0.393. The van der Waals surface area contributed by atoms with Gasteiger partial charge < -0.3 is 5.32 Å². The summed E-state index contributed by atoms with van der Waals surface area (Å²) in [5.74, 6) is 2.33. The molecule has 0 aromatic heterocycles. The largest absolute Gasteiger partial charge is 0.319 e. The molecule has 0 bridgehead atoms. The minimum atomic E-state index is 0.984. The summed E-state index contributed by atoms with van der Waals surface area (Å²) in [6, 6.07) is 0. The van der Waals surface area contributed by atoms with Crippen LogP contribution in [-0.4, -0.2) is 31.6 Å².